The molecule has 0 radical (unpaired) electrons. The van der Waals surface area contributed by atoms with Crippen LogP contribution in [0, 0.1) is 6.92 Å². The molecule has 8 heteroatoms. The maximum Gasteiger partial charge on any atom is 0.344 e. The van der Waals surface area contributed by atoms with Gasteiger partial charge in [0, 0.05) is 12.3 Å². The predicted molar refractivity (Wildman–Crippen MR) is 110 cm³/mol. The van der Waals surface area contributed by atoms with Crippen molar-refractivity contribution in [2.24, 2.45) is 0 Å². The summed E-state index contributed by atoms with van der Waals surface area (Å²) in [7, 11) is 0. The van der Waals surface area contributed by atoms with Gasteiger partial charge < -0.3 is 9.26 Å². The smallest absolute Gasteiger partial charge is 0.344 e. The van der Waals surface area contributed by atoms with Gasteiger partial charge in [-0.3, -0.25) is 9.69 Å². The molecule has 7 nitrogen and oxygen atoms in total. The number of aromatic nitrogens is 2. The molecule has 0 saturated carbocycles. The quantitative estimate of drug-likeness (QED) is 0.526. The molecule has 0 N–H and O–H groups in total. The number of thiazole rings is 1. The summed E-state index contributed by atoms with van der Waals surface area (Å²) in [6.07, 6.45) is 1.51. The van der Waals surface area contributed by atoms with Crippen LogP contribution in [0.25, 0.3) is 0 Å². The van der Waals surface area contributed by atoms with Gasteiger partial charge in [-0.2, -0.15) is 0 Å². The number of nitrogens with zero attached hydrogens (tertiary/aromatic N) is 3. The number of ether oxygens (including phenoxy) is 1. The van der Waals surface area contributed by atoms with Gasteiger partial charge >= 0.3 is 5.97 Å². The van der Waals surface area contributed by atoms with Crippen molar-refractivity contribution < 1.29 is 18.8 Å². The fraction of sp³-hybridized carbons (Fsp3) is 0.333. The Bertz CT molecular complexity index is 1010. The van der Waals surface area contributed by atoms with Gasteiger partial charge in [-0.15, -0.1) is 11.3 Å². The van der Waals surface area contributed by atoms with Crippen molar-refractivity contribution in [3.05, 3.63) is 57.9 Å². The fourth-order valence-electron chi connectivity index (χ4n) is 2.91. The van der Waals surface area contributed by atoms with Crippen molar-refractivity contribution in [1.29, 1.82) is 0 Å². The minimum Gasteiger partial charge on any atom is -0.455 e. The topological polar surface area (TPSA) is 85.5 Å². The Hall–Kier alpha value is -3.00. The molecule has 0 fully saturated rings. The lowest BCUT2D eigenvalue weighted by atomic mass is 10.1. The van der Waals surface area contributed by atoms with Gasteiger partial charge in [0.25, 0.3) is 0 Å². The monoisotopic (exact) mass is 413 g/mol. The van der Waals surface area contributed by atoms with E-state index in [1.807, 2.05) is 31.2 Å². The van der Waals surface area contributed by atoms with Crippen molar-refractivity contribution in [3.63, 3.8) is 0 Å². The summed E-state index contributed by atoms with van der Waals surface area (Å²) in [5, 5.41) is 6.18. The van der Waals surface area contributed by atoms with Gasteiger partial charge in [0.1, 0.15) is 17.9 Å². The van der Waals surface area contributed by atoms with E-state index in [1.54, 1.807) is 17.2 Å². The minimum atomic E-state index is -0.492. The fourth-order valence-corrected chi connectivity index (χ4v) is 3.78. The van der Waals surface area contributed by atoms with Gasteiger partial charge in [-0.25, -0.2) is 9.78 Å². The highest BCUT2D eigenvalue weighted by atomic mass is 32.1. The molecule has 2 heterocycles. The third kappa shape index (κ3) is 4.54. The Morgan fingerprint density at radius 2 is 1.90 bits per heavy atom. The summed E-state index contributed by atoms with van der Waals surface area (Å²) < 4.78 is 10.5. The predicted octanol–water partition coefficient (Wildman–Crippen LogP) is 4.61. The SMILES string of the molecule is CCc1ccc(N(C(C)=O)c2nc(COC(=O)c3c(CC)noc3C)cs2)cc1. The molecule has 3 aromatic rings. The van der Waals surface area contributed by atoms with Crippen LogP contribution < -0.4 is 4.90 Å². The van der Waals surface area contributed by atoms with Crippen LogP contribution in [0.1, 0.15) is 53.8 Å². The first-order valence-corrected chi connectivity index (χ1v) is 10.3. The van der Waals surface area contributed by atoms with E-state index in [4.69, 9.17) is 9.26 Å². The van der Waals surface area contributed by atoms with E-state index >= 15 is 0 Å². The summed E-state index contributed by atoms with van der Waals surface area (Å²) in [5.41, 5.74) is 3.45. The van der Waals surface area contributed by atoms with Gasteiger partial charge in [0.05, 0.1) is 17.1 Å². The maximum atomic E-state index is 12.4. The molecule has 0 atom stereocenters. The molecule has 0 aliphatic rings. The molecule has 1 aromatic carbocycles. The molecule has 1 amide bonds. The number of hydrogen-bond acceptors (Lipinski definition) is 7. The van der Waals surface area contributed by atoms with E-state index < -0.39 is 5.97 Å². The van der Waals surface area contributed by atoms with Crippen LogP contribution >= 0.6 is 11.3 Å². The molecule has 0 unspecified atom stereocenters. The summed E-state index contributed by atoms with van der Waals surface area (Å²) in [5.74, 6) is -0.197. The number of esters is 1. The highest BCUT2D eigenvalue weighted by Crippen LogP contribution is 2.29. The summed E-state index contributed by atoms with van der Waals surface area (Å²) in [6, 6.07) is 7.80. The van der Waals surface area contributed by atoms with Crippen LogP contribution in [-0.2, 0) is 29.0 Å². The van der Waals surface area contributed by atoms with Crippen LogP contribution in [0.3, 0.4) is 0 Å². The van der Waals surface area contributed by atoms with E-state index in [-0.39, 0.29) is 12.5 Å². The Balaban J connectivity index is 1.73. The van der Waals surface area contributed by atoms with E-state index in [2.05, 4.69) is 17.1 Å². The van der Waals surface area contributed by atoms with Crippen molar-refractivity contribution >= 4 is 34.0 Å². The van der Waals surface area contributed by atoms with Crippen LogP contribution in [-0.4, -0.2) is 22.0 Å². The molecule has 0 spiro atoms. The molecule has 152 valence electrons. The molecule has 29 heavy (non-hydrogen) atoms. The lowest BCUT2D eigenvalue weighted by Gasteiger charge is -2.18. The number of aryl methyl sites for hydroxylation is 3. The minimum absolute atomic E-state index is 0.00360. The summed E-state index contributed by atoms with van der Waals surface area (Å²) in [6.45, 7) is 7.15. The first kappa shape index (κ1) is 20.7. The van der Waals surface area contributed by atoms with Crippen molar-refractivity contribution in [2.45, 2.75) is 47.1 Å². The highest BCUT2D eigenvalue weighted by Gasteiger charge is 2.22. The Kier molecular flexibility index (Phi) is 6.43. The average Bonchev–Trinajstić information content (AvgIpc) is 3.33. The second kappa shape index (κ2) is 9.00. The zero-order valence-corrected chi connectivity index (χ0v) is 17.7. The molecule has 0 aliphatic carbocycles. The number of carbonyl (C=O) groups is 2. The van der Waals surface area contributed by atoms with Crippen LogP contribution in [0.2, 0.25) is 0 Å². The van der Waals surface area contributed by atoms with Crippen molar-refractivity contribution in [2.75, 3.05) is 4.90 Å². The van der Waals surface area contributed by atoms with Crippen LogP contribution in [0.4, 0.5) is 10.8 Å². The molecule has 2 aromatic heterocycles. The van der Waals surface area contributed by atoms with Crippen molar-refractivity contribution in [3.8, 4) is 0 Å². The zero-order valence-electron chi connectivity index (χ0n) is 16.9. The number of anilines is 2. The standard InChI is InChI=1S/C21H23N3O4S/c1-5-15-7-9-17(10-8-15)24(14(4)25)21-22-16(12-29-21)11-27-20(26)19-13(3)28-23-18(19)6-2/h7-10,12H,5-6,11H2,1-4H3. The summed E-state index contributed by atoms with van der Waals surface area (Å²) >= 11 is 1.32. The van der Waals surface area contributed by atoms with E-state index in [0.717, 1.165) is 12.1 Å². The molecule has 0 aliphatic heterocycles. The molecule has 0 bridgehead atoms. The van der Waals surface area contributed by atoms with E-state index in [1.165, 1.54) is 23.8 Å². The Morgan fingerprint density at radius 1 is 1.17 bits per heavy atom. The van der Waals surface area contributed by atoms with Crippen LogP contribution in [0.15, 0.2) is 34.2 Å². The van der Waals surface area contributed by atoms with Gasteiger partial charge in [0.15, 0.2) is 5.13 Å². The Morgan fingerprint density at radius 3 is 2.52 bits per heavy atom. The first-order chi connectivity index (χ1) is 13.9. The molecule has 0 saturated heterocycles. The normalized spacial score (nSPS) is 10.8. The van der Waals surface area contributed by atoms with Gasteiger partial charge in [-0.05, 0) is 37.5 Å². The van der Waals surface area contributed by atoms with E-state index in [9.17, 15) is 9.59 Å². The molecular weight excluding hydrogens is 390 g/mol. The molecular formula is C21H23N3O4S. The number of carbonyl (C=O) groups excluding carboxylic acids is 2. The number of hydrogen-bond donors (Lipinski definition) is 0. The lowest BCUT2D eigenvalue weighted by Crippen LogP contribution is -2.22. The largest absolute Gasteiger partial charge is 0.455 e. The number of benzene rings is 1. The average molecular weight is 413 g/mol. The Labute approximate surface area is 173 Å². The zero-order chi connectivity index (χ0) is 21.0. The maximum absolute atomic E-state index is 12.4. The third-order valence-electron chi connectivity index (χ3n) is 4.47. The molecule has 3 rings (SSSR count). The van der Waals surface area contributed by atoms with E-state index in [0.29, 0.717) is 34.3 Å². The van der Waals surface area contributed by atoms with Gasteiger partial charge in [0.2, 0.25) is 5.91 Å². The second-order valence-corrected chi connectivity index (χ2v) is 7.32. The highest BCUT2D eigenvalue weighted by molar-refractivity contribution is 7.14. The number of rotatable bonds is 7. The first-order valence-electron chi connectivity index (χ1n) is 9.40. The van der Waals surface area contributed by atoms with Crippen molar-refractivity contribution in [1.82, 2.24) is 10.1 Å². The lowest BCUT2D eigenvalue weighted by molar-refractivity contribution is -0.115. The number of amides is 1. The van der Waals surface area contributed by atoms with Gasteiger partial charge in [-0.1, -0.05) is 31.1 Å². The second-order valence-electron chi connectivity index (χ2n) is 6.49. The summed E-state index contributed by atoms with van der Waals surface area (Å²) in [4.78, 5) is 30.7. The van der Waals surface area contributed by atoms with Crippen LogP contribution in [0.5, 0.6) is 0 Å². The third-order valence-corrected chi connectivity index (χ3v) is 5.35.